The van der Waals surface area contributed by atoms with Crippen LogP contribution in [0.15, 0.2) is 0 Å². The summed E-state index contributed by atoms with van der Waals surface area (Å²) in [6.45, 7) is 11.6. The average molecular weight is 174 g/mol. The highest BCUT2D eigenvalue weighted by molar-refractivity contribution is 4.58. The van der Waals surface area contributed by atoms with E-state index in [2.05, 4.69) is 34.6 Å². The predicted octanol–water partition coefficient (Wildman–Crippen LogP) is 4.99. The molecule has 0 bridgehead atoms. The molecule has 0 aliphatic heterocycles. The minimum absolute atomic E-state index is 0. The van der Waals surface area contributed by atoms with Crippen LogP contribution in [0.3, 0.4) is 0 Å². The van der Waals surface area contributed by atoms with Crippen LogP contribution in [0, 0.1) is 17.8 Å². The number of hydrogen-bond acceptors (Lipinski definition) is 0. The van der Waals surface area contributed by atoms with Gasteiger partial charge in [0, 0.05) is 0 Å². The summed E-state index contributed by atoms with van der Waals surface area (Å²) in [5.74, 6) is 2.64. The van der Waals surface area contributed by atoms with Gasteiger partial charge in [0.2, 0.25) is 0 Å². The normalized spacial score (nSPS) is 12.2. The van der Waals surface area contributed by atoms with E-state index in [1.807, 2.05) is 0 Å². The highest BCUT2D eigenvalue weighted by Crippen LogP contribution is 2.18. The first-order valence-electron chi connectivity index (χ1n) is 4.54. The second-order valence-electron chi connectivity index (χ2n) is 4.19. The summed E-state index contributed by atoms with van der Waals surface area (Å²) in [6.07, 6.45) is 2.79. The van der Waals surface area contributed by atoms with Gasteiger partial charge in [0.1, 0.15) is 0 Å². The summed E-state index contributed by atoms with van der Waals surface area (Å²) in [6, 6.07) is 0. The van der Waals surface area contributed by atoms with Crippen LogP contribution in [0.5, 0.6) is 0 Å². The van der Waals surface area contributed by atoms with Crippen molar-refractivity contribution in [2.24, 2.45) is 17.8 Å². The van der Waals surface area contributed by atoms with E-state index >= 15 is 0 Å². The second kappa shape index (κ2) is 9.09. The molecule has 0 aromatic heterocycles. The molecule has 0 rings (SSSR count). The Balaban J connectivity index is -0.000000405. The van der Waals surface area contributed by atoms with Gasteiger partial charge in [-0.15, -0.1) is 0 Å². The first kappa shape index (κ1) is 17.9. The van der Waals surface area contributed by atoms with E-state index in [1.54, 1.807) is 0 Å². The van der Waals surface area contributed by atoms with Gasteiger partial charge in [-0.1, -0.05) is 62.3 Å². The molecule has 0 aromatic carbocycles. The molecule has 0 amide bonds. The standard InChI is InChI=1S/C10H22.2CH4/c1-8(2)6-7-10(5)9(3)4;;/h8-10H,6-7H2,1-5H3;2*1H4. The zero-order chi connectivity index (χ0) is 8.15. The quantitative estimate of drug-likeness (QED) is 0.563. The van der Waals surface area contributed by atoms with E-state index in [1.165, 1.54) is 12.8 Å². The SMILES string of the molecule is C.C.CC(C)CCC(C)C(C)C. The summed E-state index contributed by atoms with van der Waals surface area (Å²) in [4.78, 5) is 0. The molecular formula is C12H30. The lowest BCUT2D eigenvalue weighted by Gasteiger charge is -2.15. The van der Waals surface area contributed by atoms with Gasteiger partial charge >= 0.3 is 0 Å². The van der Waals surface area contributed by atoms with Crippen molar-refractivity contribution in [3.05, 3.63) is 0 Å². The van der Waals surface area contributed by atoms with Crippen molar-refractivity contribution in [2.75, 3.05) is 0 Å². The van der Waals surface area contributed by atoms with E-state index in [-0.39, 0.29) is 14.9 Å². The van der Waals surface area contributed by atoms with E-state index < -0.39 is 0 Å². The molecule has 0 N–H and O–H groups in total. The van der Waals surface area contributed by atoms with Crippen LogP contribution in [0.4, 0.5) is 0 Å². The predicted molar refractivity (Wildman–Crippen MR) is 61.5 cm³/mol. The lowest BCUT2D eigenvalue weighted by molar-refractivity contribution is 0.358. The Morgan fingerprint density at radius 2 is 1.17 bits per heavy atom. The van der Waals surface area contributed by atoms with E-state index in [4.69, 9.17) is 0 Å². The third-order valence-electron chi connectivity index (χ3n) is 2.34. The molecule has 1 unspecified atom stereocenters. The van der Waals surface area contributed by atoms with Crippen LogP contribution >= 0.6 is 0 Å². The number of hydrogen-bond donors (Lipinski definition) is 0. The molecule has 0 fully saturated rings. The van der Waals surface area contributed by atoms with E-state index in [0.717, 1.165) is 17.8 Å². The molecule has 0 aliphatic rings. The molecule has 0 aromatic rings. The van der Waals surface area contributed by atoms with Gasteiger partial charge in [-0.25, -0.2) is 0 Å². The van der Waals surface area contributed by atoms with Crippen LogP contribution in [-0.4, -0.2) is 0 Å². The summed E-state index contributed by atoms with van der Waals surface area (Å²) < 4.78 is 0. The highest BCUT2D eigenvalue weighted by Gasteiger charge is 2.06. The molecule has 0 saturated carbocycles. The lowest BCUT2D eigenvalue weighted by atomic mass is 9.91. The maximum Gasteiger partial charge on any atom is -0.0420 e. The largest absolute Gasteiger partial charge is 0.0776 e. The van der Waals surface area contributed by atoms with Crippen molar-refractivity contribution in [3.63, 3.8) is 0 Å². The maximum atomic E-state index is 2.35. The second-order valence-corrected chi connectivity index (χ2v) is 4.19. The minimum Gasteiger partial charge on any atom is -0.0776 e. The van der Waals surface area contributed by atoms with Gasteiger partial charge in [-0.2, -0.15) is 0 Å². The van der Waals surface area contributed by atoms with Gasteiger partial charge in [0.15, 0.2) is 0 Å². The average Bonchev–Trinajstić information content (AvgIpc) is 1.82. The van der Waals surface area contributed by atoms with Crippen molar-refractivity contribution < 1.29 is 0 Å². The van der Waals surface area contributed by atoms with Gasteiger partial charge in [-0.05, 0) is 17.8 Å². The van der Waals surface area contributed by atoms with Gasteiger partial charge in [-0.3, -0.25) is 0 Å². The summed E-state index contributed by atoms with van der Waals surface area (Å²) in [7, 11) is 0. The van der Waals surface area contributed by atoms with Gasteiger partial charge in [0.05, 0.1) is 0 Å². The molecule has 0 radical (unpaired) electrons. The fraction of sp³-hybridized carbons (Fsp3) is 1.00. The van der Waals surface area contributed by atoms with Gasteiger partial charge < -0.3 is 0 Å². The Morgan fingerprint density at radius 1 is 0.750 bits per heavy atom. The smallest absolute Gasteiger partial charge is 0.0420 e. The van der Waals surface area contributed by atoms with Crippen LogP contribution in [-0.2, 0) is 0 Å². The van der Waals surface area contributed by atoms with Crippen LogP contribution in [0.1, 0.15) is 62.3 Å². The molecule has 0 heteroatoms. The molecule has 0 aliphatic carbocycles. The third-order valence-corrected chi connectivity index (χ3v) is 2.34. The Kier molecular flexibility index (Phi) is 13.6. The lowest BCUT2D eigenvalue weighted by Crippen LogP contribution is -2.04. The molecule has 0 spiro atoms. The molecule has 78 valence electrons. The highest BCUT2D eigenvalue weighted by atomic mass is 14.1. The minimum atomic E-state index is 0. The topological polar surface area (TPSA) is 0 Å². The first-order valence-corrected chi connectivity index (χ1v) is 4.54. The first-order chi connectivity index (χ1) is 4.54. The van der Waals surface area contributed by atoms with Crippen LogP contribution in [0.25, 0.3) is 0 Å². The maximum absolute atomic E-state index is 2.35. The van der Waals surface area contributed by atoms with Crippen molar-refractivity contribution in [2.45, 2.75) is 62.3 Å². The van der Waals surface area contributed by atoms with Crippen molar-refractivity contribution in [1.29, 1.82) is 0 Å². The molecule has 0 saturated heterocycles. The van der Waals surface area contributed by atoms with Gasteiger partial charge in [0.25, 0.3) is 0 Å². The zero-order valence-electron chi connectivity index (χ0n) is 8.15. The Bertz CT molecular complexity index is 72.1. The Hall–Kier alpha value is 0. The zero-order valence-corrected chi connectivity index (χ0v) is 8.15. The van der Waals surface area contributed by atoms with Crippen molar-refractivity contribution in [1.82, 2.24) is 0 Å². The fourth-order valence-corrected chi connectivity index (χ4v) is 0.930. The molecule has 0 nitrogen and oxygen atoms in total. The summed E-state index contributed by atoms with van der Waals surface area (Å²) >= 11 is 0. The molecular weight excluding hydrogens is 144 g/mol. The van der Waals surface area contributed by atoms with Crippen LogP contribution in [0.2, 0.25) is 0 Å². The Morgan fingerprint density at radius 3 is 1.42 bits per heavy atom. The molecule has 1 atom stereocenters. The van der Waals surface area contributed by atoms with Crippen molar-refractivity contribution >= 4 is 0 Å². The van der Waals surface area contributed by atoms with Crippen molar-refractivity contribution in [3.8, 4) is 0 Å². The van der Waals surface area contributed by atoms with Crippen LogP contribution < -0.4 is 0 Å². The Labute approximate surface area is 80.8 Å². The van der Waals surface area contributed by atoms with E-state index in [9.17, 15) is 0 Å². The van der Waals surface area contributed by atoms with E-state index in [0.29, 0.717) is 0 Å². The number of rotatable bonds is 4. The summed E-state index contributed by atoms with van der Waals surface area (Å²) in [5, 5.41) is 0. The fourth-order valence-electron chi connectivity index (χ4n) is 0.930. The summed E-state index contributed by atoms with van der Waals surface area (Å²) in [5.41, 5.74) is 0. The molecule has 0 heterocycles. The monoisotopic (exact) mass is 174 g/mol. The third kappa shape index (κ3) is 10.0. The molecule has 12 heavy (non-hydrogen) atoms.